The number of hydrogen-bond donors (Lipinski definition) is 1. The van der Waals surface area contributed by atoms with Crippen molar-refractivity contribution in [3.8, 4) is 0 Å². The Morgan fingerprint density at radius 1 is 1.00 bits per heavy atom. The van der Waals surface area contributed by atoms with E-state index in [4.69, 9.17) is 9.47 Å². The Labute approximate surface area is 208 Å². The van der Waals surface area contributed by atoms with Crippen LogP contribution in [-0.2, 0) is 31.9 Å². The first kappa shape index (κ1) is 25.2. The van der Waals surface area contributed by atoms with E-state index in [1.807, 2.05) is 18.2 Å². The predicted molar refractivity (Wildman–Crippen MR) is 137 cm³/mol. The van der Waals surface area contributed by atoms with Crippen LogP contribution in [-0.4, -0.2) is 38.2 Å². The van der Waals surface area contributed by atoms with Crippen molar-refractivity contribution < 1.29 is 19.1 Å². The van der Waals surface area contributed by atoms with Gasteiger partial charge in [-0.05, 0) is 50.2 Å². The number of carbonyl (C=O) groups excluding carboxylic acids is 2. The number of allylic oxidation sites excluding steroid dienone is 2. The van der Waals surface area contributed by atoms with Gasteiger partial charge >= 0.3 is 5.97 Å². The summed E-state index contributed by atoms with van der Waals surface area (Å²) in [5, 5.41) is 3.20. The van der Waals surface area contributed by atoms with E-state index in [1.54, 1.807) is 0 Å². The van der Waals surface area contributed by atoms with E-state index in [0.29, 0.717) is 26.1 Å². The minimum Gasteiger partial charge on any atom is -0.468 e. The first-order chi connectivity index (χ1) is 16.9. The summed E-state index contributed by atoms with van der Waals surface area (Å²) in [5.41, 5.74) is 3.62. The quantitative estimate of drug-likeness (QED) is 0.248. The number of hydrogen-bond acceptors (Lipinski definition) is 4. The molecular weight excluding hydrogens is 438 g/mol. The molecule has 0 saturated carbocycles. The molecular formula is C30H37NO4. The SMILES string of the molecule is COC(=O)[C@@]12C(=O)N[C@@H](Cc3ccccc3)[C@@H]1[C@H](C)C(C)=C[C@@H]2CCOCCc1ccc(C)cc1. The Balaban J connectivity index is 1.51. The molecule has 0 unspecified atom stereocenters. The molecule has 35 heavy (non-hydrogen) atoms. The minimum absolute atomic E-state index is 0.0838. The summed E-state index contributed by atoms with van der Waals surface area (Å²) in [6, 6.07) is 18.5. The number of esters is 1. The summed E-state index contributed by atoms with van der Waals surface area (Å²) in [6.07, 6.45) is 4.23. The van der Waals surface area contributed by atoms with Gasteiger partial charge in [0.05, 0.1) is 13.7 Å². The molecule has 2 aliphatic rings. The lowest BCUT2D eigenvalue weighted by molar-refractivity contribution is -0.165. The van der Waals surface area contributed by atoms with Crippen LogP contribution in [0.15, 0.2) is 66.2 Å². The first-order valence-corrected chi connectivity index (χ1v) is 12.6. The van der Waals surface area contributed by atoms with E-state index < -0.39 is 11.4 Å². The second kappa shape index (κ2) is 10.8. The summed E-state index contributed by atoms with van der Waals surface area (Å²) >= 11 is 0. The number of benzene rings is 2. The van der Waals surface area contributed by atoms with E-state index in [-0.39, 0.29) is 29.7 Å². The van der Waals surface area contributed by atoms with Crippen LogP contribution < -0.4 is 5.32 Å². The lowest BCUT2D eigenvalue weighted by atomic mass is 9.56. The molecule has 0 radical (unpaired) electrons. The third-order valence-corrected chi connectivity index (χ3v) is 8.01. The summed E-state index contributed by atoms with van der Waals surface area (Å²) in [7, 11) is 1.39. The fourth-order valence-corrected chi connectivity index (χ4v) is 6.05. The van der Waals surface area contributed by atoms with E-state index in [2.05, 4.69) is 68.6 Å². The van der Waals surface area contributed by atoms with Gasteiger partial charge in [0.25, 0.3) is 0 Å². The number of carbonyl (C=O) groups is 2. The number of nitrogens with one attached hydrogen (secondary N) is 1. The van der Waals surface area contributed by atoms with E-state index in [9.17, 15) is 9.59 Å². The Morgan fingerprint density at radius 3 is 2.40 bits per heavy atom. The van der Waals surface area contributed by atoms with Crippen LogP contribution in [0.5, 0.6) is 0 Å². The molecule has 5 heteroatoms. The number of rotatable bonds is 9. The zero-order valence-electron chi connectivity index (χ0n) is 21.3. The summed E-state index contributed by atoms with van der Waals surface area (Å²) in [6.45, 7) is 7.40. The lowest BCUT2D eigenvalue weighted by Crippen LogP contribution is -2.53. The first-order valence-electron chi connectivity index (χ1n) is 12.6. The highest BCUT2D eigenvalue weighted by Crippen LogP contribution is 2.54. The molecule has 0 aromatic heterocycles. The molecule has 1 saturated heterocycles. The summed E-state index contributed by atoms with van der Waals surface area (Å²) in [5.74, 6) is -1.01. The fraction of sp³-hybridized carbons (Fsp3) is 0.467. The molecule has 5 atom stereocenters. The highest BCUT2D eigenvalue weighted by Gasteiger charge is 2.66. The van der Waals surface area contributed by atoms with Gasteiger partial charge in [0.2, 0.25) is 5.91 Å². The molecule has 1 aliphatic heterocycles. The van der Waals surface area contributed by atoms with Crippen molar-refractivity contribution >= 4 is 11.9 Å². The Bertz CT molecular complexity index is 1060. The largest absolute Gasteiger partial charge is 0.468 e. The minimum atomic E-state index is -1.23. The van der Waals surface area contributed by atoms with E-state index in [1.165, 1.54) is 23.8 Å². The van der Waals surface area contributed by atoms with Gasteiger partial charge in [-0.2, -0.15) is 0 Å². The van der Waals surface area contributed by atoms with Crippen LogP contribution in [0.3, 0.4) is 0 Å². The zero-order valence-corrected chi connectivity index (χ0v) is 21.3. The molecule has 0 spiro atoms. The second-order valence-corrected chi connectivity index (χ2v) is 10.1. The van der Waals surface area contributed by atoms with Crippen LogP contribution in [0.4, 0.5) is 0 Å². The van der Waals surface area contributed by atoms with Crippen molar-refractivity contribution in [3.05, 3.63) is 82.9 Å². The molecule has 2 aromatic rings. The van der Waals surface area contributed by atoms with Crippen LogP contribution >= 0.6 is 0 Å². The second-order valence-electron chi connectivity index (χ2n) is 10.1. The molecule has 1 fully saturated rings. The number of methoxy groups -OCH3 is 1. The predicted octanol–water partition coefficient (Wildman–Crippen LogP) is 4.67. The molecule has 5 nitrogen and oxygen atoms in total. The standard InChI is InChI=1S/C30H37NO4/c1-20-10-12-23(13-11-20)14-16-35-17-15-25-18-21(2)22(3)27-26(19-24-8-6-5-7-9-24)31-28(32)30(25,27)29(33)34-4/h5-13,18,22,25-27H,14-17,19H2,1-4H3,(H,31,32)/t22-,25+,26+,27+,30-/m1/s1. The van der Waals surface area contributed by atoms with Gasteiger partial charge < -0.3 is 14.8 Å². The van der Waals surface area contributed by atoms with Gasteiger partial charge in [-0.1, -0.05) is 78.7 Å². The van der Waals surface area contributed by atoms with Crippen molar-refractivity contribution in [2.75, 3.05) is 20.3 Å². The Hall–Kier alpha value is -2.92. The number of amides is 1. The number of fused-ring (bicyclic) bond motifs is 1. The van der Waals surface area contributed by atoms with Gasteiger partial charge in [0.15, 0.2) is 5.41 Å². The Kier molecular flexibility index (Phi) is 7.75. The van der Waals surface area contributed by atoms with Gasteiger partial charge in [-0.3, -0.25) is 9.59 Å². The van der Waals surface area contributed by atoms with E-state index >= 15 is 0 Å². The number of aryl methyl sites for hydroxylation is 1. The lowest BCUT2D eigenvalue weighted by Gasteiger charge is -2.44. The van der Waals surface area contributed by atoms with Crippen LogP contribution in [0, 0.1) is 30.1 Å². The molecule has 1 heterocycles. The van der Waals surface area contributed by atoms with Crippen molar-refractivity contribution in [2.45, 2.75) is 46.1 Å². The fourth-order valence-electron chi connectivity index (χ4n) is 6.05. The van der Waals surface area contributed by atoms with Gasteiger partial charge in [0.1, 0.15) is 0 Å². The molecule has 0 bridgehead atoms. The van der Waals surface area contributed by atoms with Crippen molar-refractivity contribution in [1.82, 2.24) is 5.32 Å². The van der Waals surface area contributed by atoms with Gasteiger partial charge in [-0.25, -0.2) is 0 Å². The maximum absolute atomic E-state index is 13.6. The monoisotopic (exact) mass is 475 g/mol. The van der Waals surface area contributed by atoms with Crippen LogP contribution in [0.1, 0.15) is 37.0 Å². The Morgan fingerprint density at radius 2 is 1.71 bits per heavy atom. The molecule has 1 amide bonds. The average molecular weight is 476 g/mol. The molecule has 2 aromatic carbocycles. The van der Waals surface area contributed by atoms with Crippen molar-refractivity contribution in [1.29, 1.82) is 0 Å². The molecule has 4 rings (SSSR count). The van der Waals surface area contributed by atoms with E-state index in [0.717, 1.165) is 12.0 Å². The maximum atomic E-state index is 13.6. The normalized spacial score (nSPS) is 27.7. The smallest absolute Gasteiger partial charge is 0.322 e. The van der Waals surface area contributed by atoms with Crippen molar-refractivity contribution in [2.24, 2.45) is 23.2 Å². The van der Waals surface area contributed by atoms with Crippen LogP contribution in [0.25, 0.3) is 0 Å². The number of ether oxygens (including phenoxy) is 2. The topological polar surface area (TPSA) is 64.6 Å². The molecule has 1 aliphatic carbocycles. The third-order valence-electron chi connectivity index (χ3n) is 8.01. The molecule has 1 N–H and O–H groups in total. The zero-order chi connectivity index (χ0) is 25.0. The maximum Gasteiger partial charge on any atom is 0.322 e. The average Bonchev–Trinajstić information content (AvgIpc) is 3.15. The van der Waals surface area contributed by atoms with Gasteiger partial charge in [-0.15, -0.1) is 0 Å². The summed E-state index contributed by atoms with van der Waals surface area (Å²) < 4.78 is 11.3. The summed E-state index contributed by atoms with van der Waals surface area (Å²) in [4.78, 5) is 27.0. The third kappa shape index (κ3) is 4.92. The van der Waals surface area contributed by atoms with Crippen molar-refractivity contribution in [3.63, 3.8) is 0 Å². The van der Waals surface area contributed by atoms with Gasteiger partial charge in [0, 0.05) is 24.5 Å². The highest BCUT2D eigenvalue weighted by atomic mass is 16.5. The molecule has 186 valence electrons. The highest BCUT2D eigenvalue weighted by molar-refractivity contribution is 6.06. The van der Waals surface area contributed by atoms with Crippen LogP contribution in [0.2, 0.25) is 0 Å².